The summed E-state index contributed by atoms with van der Waals surface area (Å²) in [6.07, 6.45) is 0.358. The van der Waals surface area contributed by atoms with Gasteiger partial charge in [0.15, 0.2) is 0 Å². The lowest BCUT2D eigenvalue weighted by molar-refractivity contribution is 0.189. The predicted octanol–water partition coefficient (Wildman–Crippen LogP) is 3.82. The number of halogens is 2. The van der Waals surface area contributed by atoms with E-state index in [-0.39, 0.29) is 18.0 Å². The first kappa shape index (κ1) is 14.8. The van der Waals surface area contributed by atoms with Crippen LogP contribution in [0.15, 0.2) is 48.5 Å². The van der Waals surface area contributed by atoms with Crippen LogP contribution in [0.25, 0.3) is 0 Å². The molecule has 0 amide bonds. The van der Waals surface area contributed by atoms with Crippen LogP contribution in [0.3, 0.4) is 0 Å². The topological polar surface area (TPSA) is 35.2 Å². The molecule has 0 aliphatic carbocycles. The Balaban J connectivity index is 1.96. The van der Waals surface area contributed by atoms with E-state index in [2.05, 4.69) is 0 Å². The zero-order valence-electron chi connectivity index (χ0n) is 11.2. The summed E-state index contributed by atoms with van der Waals surface area (Å²) >= 11 is 5.90. The highest BCUT2D eigenvalue weighted by atomic mass is 35.5. The summed E-state index contributed by atoms with van der Waals surface area (Å²) in [5, 5.41) is 0.619. The van der Waals surface area contributed by atoms with Crippen LogP contribution in [0.2, 0.25) is 5.02 Å². The molecule has 0 bridgehead atoms. The summed E-state index contributed by atoms with van der Waals surface area (Å²) in [6, 6.07) is 13.4. The van der Waals surface area contributed by atoms with Crippen LogP contribution in [0.4, 0.5) is 4.39 Å². The van der Waals surface area contributed by atoms with Gasteiger partial charge in [0.1, 0.15) is 17.7 Å². The molecule has 0 fully saturated rings. The molecule has 0 heterocycles. The molecular weight excluding hydrogens is 277 g/mol. The number of nitrogens with two attached hydrogens (primary N) is 1. The average Bonchev–Trinajstić information content (AvgIpc) is 2.38. The summed E-state index contributed by atoms with van der Waals surface area (Å²) in [6.45, 7) is 1.89. The third-order valence-electron chi connectivity index (χ3n) is 3.08. The van der Waals surface area contributed by atoms with Gasteiger partial charge in [-0.2, -0.15) is 0 Å². The average molecular weight is 294 g/mol. The molecule has 0 saturated carbocycles. The van der Waals surface area contributed by atoms with Gasteiger partial charge in [-0.1, -0.05) is 29.8 Å². The second kappa shape index (κ2) is 6.73. The minimum absolute atomic E-state index is 0.197. The second-order valence-electron chi connectivity index (χ2n) is 4.78. The fraction of sp³-hybridized carbons (Fsp3) is 0.250. The molecular formula is C16H17ClFNO. The van der Waals surface area contributed by atoms with Crippen molar-refractivity contribution in [3.8, 4) is 5.75 Å². The first-order valence-electron chi connectivity index (χ1n) is 6.47. The summed E-state index contributed by atoms with van der Waals surface area (Å²) < 4.78 is 18.9. The maximum atomic E-state index is 13.1. The van der Waals surface area contributed by atoms with E-state index in [1.807, 2.05) is 25.1 Å². The van der Waals surface area contributed by atoms with Crippen molar-refractivity contribution >= 4 is 11.6 Å². The van der Waals surface area contributed by atoms with E-state index >= 15 is 0 Å². The first-order valence-corrected chi connectivity index (χ1v) is 6.84. The Kier molecular flexibility index (Phi) is 4.99. The van der Waals surface area contributed by atoms with Crippen molar-refractivity contribution in [3.05, 3.63) is 64.9 Å². The Morgan fingerprint density at radius 2 is 1.95 bits per heavy atom. The molecule has 0 aromatic heterocycles. The lowest BCUT2D eigenvalue weighted by atomic mass is 10.0. The van der Waals surface area contributed by atoms with E-state index in [4.69, 9.17) is 22.1 Å². The molecule has 2 rings (SSSR count). The van der Waals surface area contributed by atoms with Crippen molar-refractivity contribution in [2.45, 2.75) is 25.5 Å². The Morgan fingerprint density at radius 1 is 1.20 bits per heavy atom. The van der Waals surface area contributed by atoms with Gasteiger partial charge in [-0.05, 0) is 49.2 Å². The smallest absolute Gasteiger partial charge is 0.123 e. The molecule has 2 unspecified atom stereocenters. The quantitative estimate of drug-likeness (QED) is 0.909. The van der Waals surface area contributed by atoms with E-state index in [0.29, 0.717) is 17.2 Å². The lowest BCUT2D eigenvalue weighted by Gasteiger charge is -2.21. The van der Waals surface area contributed by atoms with Crippen LogP contribution in [0, 0.1) is 5.82 Å². The minimum atomic E-state index is -0.252. The maximum Gasteiger partial charge on any atom is 0.123 e. The fourth-order valence-corrected chi connectivity index (χ4v) is 2.12. The van der Waals surface area contributed by atoms with E-state index in [9.17, 15) is 4.39 Å². The van der Waals surface area contributed by atoms with Crippen molar-refractivity contribution < 1.29 is 9.13 Å². The van der Waals surface area contributed by atoms with Gasteiger partial charge in [-0.25, -0.2) is 4.39 Å². The highest BCUT2D eigenvalue weighted by molar-refractivity contribution is 6.30. The molecule has 2 nitrogen and oxygen atoms in total. The summed E-state index contributed by atoms with van der Waals surface area (Å²) in [5.74, 6) is 0.429. The molecule has 2 N–H and O–H groups in total. The maximum absolute atomic E-state index is 13.1. The van der Waals surface area contributed by atoms with E-state index < -0.39 is 0 Å². The second-order valence-corrected chi connectivity index (χ2v) is 5.21. The third kappa shape index (κ3) is 4.22. The van der Waals surface area contributed by atoms with Gasteiger partial charge in [-0.3, -0.25) is 0 Å². The highest BCUT2D eigenvalue weighted by Crippen LogP contribution is 2.19. The van der Waals surface area contributed by atoms with Crippen molar-refractivity contribution in [2.24, 2.45) is 5.73 Å². The van der Waals surface area contributed by atoms with E-state index in [0.717, 1.165) is 5.56 Å². The van der Waals surface area contributed by atoms with Gasteiger partial charge < -0.3 is 10.5 Å². The molecule has 0 spiro atoms. The first-order chi connectivity index (χ1) is 9.54. The molecule has 2 atom stereocenters. The van der Waals surface area contributed by atoms with Crippen molar-refractivity contribution in [1.29, 1.82) is 0 Å². The van der Waals surface area contributed by atoms with Crippen LogP contribution >= 0.6 is 11.6 Å². The molecule has 0 aliphatic rings. The van der Waals surface area contributed by atoms with Gasteiger partial charge in [0.2, 0.25) is 0 Å². The van der Waals surface area contributed by atoms with Crippen LogP contribution in [-0.2, 0) is 6.42 Å². The predicted molar refractivity (Wildman–Crippen MR) is 79.6 cm³/mol. The van der Waals surface area contributed by atoms with Crippen molar-refractivity contribution in [2.75, 3.05) is 0 Å². The standard InChI is InChI=1S/C16H17ClFNO/c1-11(20-15-7-3-5-13(17)10-15)16(19)9-12-4-2-6-14(18)8-12/h2-8,10-11,16H,9,19H2,1H3. The van der Waals surface area contributed by atoms with E-state index in [1.54, 1.807) is 18.2 Å². The van der Waals surface area contributed by atoms with Gasteiger partial charge in [0.25, 0.3) is 0 Å². The van der Waals surface area contributed by atoms with E-state index in [1.165, 1.54) is 12.1 Å². The molecule has 4 heteroatoms. The van der Waals surface area contributed by atoms with Crippen LogP contribution < -0.4 is 10.5 Å². The number of benzene rings is 2. The van der Waals surface area contributed by atoms with Gasteiger partial charge in [0.05, 0.1) is 0 Å². The normalized spacial score (nSPS) is 13.8. The highest BCUT2D eigenvalue weighted by Gasteiger charge is 2.15. The molecule has 0 aliphatic heterocycles. The monoisotopic (exact) mass is 293 g/mol. The van der Waals surface area contributed by atoms with Crippen molar-refractivity contribution in [1.82, 2.24) is 0 Å². The van der Waals surface area contributed by atoms with Crippen LogP contribution in [0.5, 0.6) is 5.75 Å². The molecule has 2 aromatic carbocycles. The van der Waals surface area contributed by atoms with Gasteiger partial charge >= 0.3 is 0 Å². The van der Waals surface area contributed by atoms with Crippen molar-refractivity contribution in [3.63, 3.8) is 0 Å². The molecule has 106 valence electrons. The Morgan fingerprint density at radius 3 is 2.65 bits per heavy atom. The Labute approximate surface area is 123 Å². The molecule has 2 aromatic rings. The number of hydrogen-bond acceptors (Lipinski definition) is 2. The summed E-state index contributed by atoms with van der Waals surface area (Å²) in [5.41, 5.74) is 6.96. The fourth-order valence-electron chi connectivity index (χ4n) is 1.94. The molecule has 0 saturated heterocycles. The molecule has 0 radical (unpaired) electrons. The van der Waals surface area contributed by atoms with Crippen LogP contribution in [0.1, 0.15) is 12.5 Å². The zero-order chi connectivity index (χ0) is 14.5. The van der Waals surface area contributed by atoms with Crippen LogP contribution in [-0.4, -0.2) is 12.1 Å². The minimum Gasteiger partial charge on any atom is -0.489 e. The van der Waals surface area contributed by atoms with Gasteiger partial charge in [-0.15, -0.1) is 0 Å². The summed E-state index contributed by atoms with van der Waals surface area (Å²) in [4.78, 5) is 0. The lowest BCUT2D eigenvalue weighted by Crippen LogP contribution is -2.38. The molecule has 20 heavy (non-hydrogen) atoms. The number of hydrogen-bond donors (Lipinski definition) is 1. The number of rotatable bonds is 5. The summed E-state index contributed by atoms with van der Waals surface area (Å²) in [7, 11) is 0. The number of ether oxygens (including phenoxy) is 1. The Hall–Kier alpha value is -1.58. The van der Waals surface area contributed by atoms with Gasteiger partial charge in [0, 0.05) is 11.1 Å². The SMILES string of the molecule is CC(Oc1cccc(Cl)c1)C(N)Cc1cccc(F)c1. The Bertz CT molecular complexity index is 524. The third-order valence-corrected chi connectivity index (χ3v) is 3.32. The largest absolute Gasteiger partial charge is 0.489 e. The zero-order valence-corrected chi connectivity index (χ0v) is 12.0.